The van der Waals surface area contributed by atoms with E-state index in [1.807, 2.05) is 39.8 Å². The summed E-state index contributed by atoms with van der Waals surface area (Å²) >= 11 is 0. The normalized spacial score (nSPS) is 12.4. The number of allylic oxidation sites excluding steroid dienone is 12. The fourth-order valence-corrected chi connectivity index (χ4v) is 4.92. The molecule has 1 aromatic carbocycles. The first kappa shape index (κ1) is 43.9. The molecule has 0 saturated heterocycles. The van der Waals surface area contributed by atoms with Gasteiger partial charge in [0.15, 0.2) is 0 Å². The topological polar surface area (TPSA) is 87.7 Å². The Balaban J connectivity index is 2.16. The van der Waals surface area contributed by atoms with Gasteiger partial charge in [0.05, 0.1) is 6.61 Å². The molecule has 0 atom stereocenters. The molecule has 0 aliphatic rings. The molecule has 0 aromatic heterocycles. The molecule has 0 saturated carbocycles. The van der Waals surface area contributed by atoms with Crippen LogP contribution in [0.1, 0.15) is 103 Å². The Kier molecular flexibility index (Phi) is 24.3. The van der Waals surface area contributed by atoms with Crippen molar-refractivity contribution in [2.45, 2.75) is 106 Å². The van der Waals surface area contributed by atoms with Crippen molar-refractivity contribution in [3.05, 3.63) is 102 Å². The summed E-state index contributed by atoms with van der Waals surface area (Å²) in [5.41, 5.74) is 1.70. The molecule has 3 amide bonds. The molecular formula is C43H65N3O4. The third kappa shape index (κ3) is 22.5. The Morgan fingerprint density at radius 2 is 1.28 bits per heavy atom. The first-order valence-electron chi connectivity index (χ1n) is 18.5. The second kappa shape index (κ2) is 27.7. The first-order valence-corrected chi connectivity index (χ1v) is 18.5. The average molecular weight is 688 g/mol. The minimum absolute atomic E-state index is 0.0374. The Morgan fingerprint density at radius 1 is 0.760 bits per heavy atom. The number of benzene rings is 1. The third-order valence-corrected chi connectivity index (χ3v) is 8.11. The number of hydrogen-bond acceptors (Lipinski definition) is 4. The fourth-order valence-electron chi connectivity index (χ4n) is 4.92. The lowest BCUT2D eigenvalue weighted by Crippen LogP contribution is -2.44. The molecule has 0 bridgehead atoms. The van der Waals surface area contributed by atoms with E-state index in [0.717, 1.165) is 61.8 Å². The summed E-state index contributed by atoms with van der Waals surface area (Å²) < 4.78 is 5.94. The smallest absolute Gasteiger partial charge is 0.225 e. The maximum absolute atomic E-state index is 12.9. The van der Waals surface area contributed by atoms with Crippen molar-refractivity contribution in [1.82, 2.24) is 15.5 Å². The van der Waals surface area contributed by atoms with Crippen LogP contribution in [0.4, 0.5) is 0 Å². The van der Waals surface area contributed by atoms with Crippen LogP contribution in [0.5, 0.6) is 5.75 Å². The number of nitrogens with zero attached hydrogens (tertiary/aromatic N) is 1. The molecule has 0 radical (unpaired) electrons. The second-order valence-corrected chi connectivity index (χ2v) is 13.2. The van der Waals surface area contributed by atoms with Crippen LogP contribution >= 0.6 is 0 Å². The number of hydrogen-bond donors (Lipinski definition) is 2. The number of carbonyl (C=O) groups is 3. The van der Waals surface area contributed by atoms with Crippen LogP contribution in [-0.2, 0) is 14.4 Å². The summed E-state index contributed by atoms with van der Waals surface area (Å²) in [5.74, 6) is 0.715. The zero-order valence-electron chi connectivity index (χ0n) is 31.8. The molecule has 2 N–H and O–H groups in total. The lowest BCUT2D eigenvalue weighted by molar-refractivity contribution is -0.132. The van der Waals surface area contributed by atoms with Crippen molar-refractivity contribution >= 4 is 17.7 Å². The highest BCUT2D eigenvalue weighted by Gasteiger charge is 2.27. The molecule has 50 heavy (non-hydrogen) atoms. The average Bonchev–Trinajstić information content (AvgIpc) is 3.08. The molecule has 1 aromatic rings. The Morgan fingerprint density at radius 3 is 1.82 bits per heavy atom. The molecular weight excluding hydrogens is 622 g/mol. The van der Waals surface area contributed by atoms with Crippen LogP contribution in [0.2, 0.25) is 0 Å². The van der Waals surface area contributed by atoms with Gasteiger partial charge < -0.3 is 20.3 Å². The van der Waals surface area contributed by atoms with E-state index >= 15 is 0 Å². The highest BCUT2D eigenvalue weighted by Crippen LogP contribution is 2.24. The van der Waals surface area contributed by atoms with Crippen LogP contribution in [0, 0.1) is 19.3 Å². The van der Waals surface area contributed by atoms with Crippen LogP contribution in [0.15, 0.2) is 91.1 Å². The predicted octanol–water partition coefficient (Wildman–Crippen LogP) is 9.05. The van der Waals surface area contributed by atoms with Gasteiger partial charge in [0, 0.05) is 44.9 Å². The van der Waals surface area contributed by atoms with Crippen molar-refractivity contribution < 1.29 is 19.1 Å². The van der Waals surface area contributed by atoms with Gasteiger partial charge in [-0.15, -0.1) is 0 Å². The van der Waals surface area contributed by atoms with Crippen molar-refractivity contribution in [2.75, 3.05) is 32.8 Å². The Bertz CT molecular complexity index is 1300. The van der Waals surface area contributed by atoms with E-state index in [1.54, 1.807) is 4.90 Å². The maximum Gasteiger partial charge on any atom is 0.225 e. The maximum atomic E-state index is 12.9. The van der Waals surface area contributed by atoms with Gasteiger partial charge in [0.1, 0.15) is 5.75 Å². The third-order valence-electron chi connectivity index (χ3n) is 8.11. The molecule has 276 valence electrons. The molecule has 7 nitrogen and oxygen atoms in total. The lowest BCUT2D eigenvalue weighted by Gasteiger charge is -2.26. The Labute approximate surface area is 303 Å². The van der Waals surface area contributed by atoms with E-state index in [0.29, 0.717) is 52.0 Å². The second-order valence-electron chi connectivity index (χ2n) is 13.2. The summed E-state index contributed by atoms with van der Waals surface area (Å²) in [7, 11) is 0. The van der Waals surface area contributed by atoms with Crippen molar-refractivity contribution in [3.8, 4) is 5.75 Å². The van der Waals surface area contributed by atoms with E-state index in [4.69, 9.17) is 4.74 Å². The van der Waals surface area contributed by atoms with Gasteiger partial charge in [-0.1, -0.05) is 106 Å². The number of rotatable bonds is 26. The van der Waals surface area contributed by atoms with E-state index in [-0.39, 0.29) is 17.7 Å². The van der Waals surface area contributed by atoms with Gasteiger partial charge in [-0.2, -0.15) is 0 Å². The molecule has 7 heteroatoms. The summed E-state index contributed by atoms with van der Waals surface area (Å²) in [6.45, 7) is 13.7. The van der Waals surface area contributed by atoms with E-state index in [1.165, 1.54) is 6.92 Å². The fraction of sp³-hybridized carbons (Fsp3) is 0.512. The molecule has 0 heterocycles. The molecule has 0 fully saturated rings. The largest absolute Gasteiger partial charge is 0.493 e. The zero-order valence-corrected chi connectivity index (χ0v) is 31.8. The van der Waals surface area contributed by atoms with Gasteiger partial charge in [0.2, 0.25) is 17.7 Å². The van der Waals surface area contributed by atoms with Crippen LogP contribution < -0.4 is 15.4 Å². The highest BCUT2D eigenvalue weighted by atomic mass is 16.5. The molecule has 1 rings (SSSR count). The van der Waals surface area contributed by atoms with E-state index in [9.17, 15) is 14.4 Å². The Hall–Kier alpha value is -4.13. The highest BCUT2D eigenvalue weighted by molar-refractivity contribution is 5.81. The summed E-state index contributed by atoms with van der Waals surface area (Å²) in [6, 6.07) is 6.15. The van der Waals surface area contributed by atoms with Crippen molar-refractivity contribution in [2.24, 2.45) is 5.41 Å². The molecule has 0 unspecified atom stereocenters. The number of carbonyl (C=O) groups excluding carboxylic acids is 3. The minimum atomic E-state index is -0.552. The van der Waals surface area contributed by atoms with E-state index in [2.05, 4.69) is 96.5 Å². The van der Waals surface area contributed by atoms with Gasteiger partial charge in [-0.05, 0) is 88.8 Å². The quantitative estimate of drug-likeness (QED) is 0.0752. The number of aryl methyl sites for hydroxylation is 2. The predicted molar refractivity (Wildman–Crippen MR) is 210 cm³/mol. The van der Waals surface area contributed by atoms with Gasteiger partial charge in [-0.25, -0.2) is 0 Å². The summed E-state index contributed by atoms with van der Waals surface area (Å²) in [5, 5.41) is 5.88. The van der Waals surface area contributed by atoms with Gasteiger partial charge in [-0.3, -0.25) is 14.4 Å². The van der Waals surface area contributed by atoms with Crippen LogP contribution in [0.25, 0.3) is 0 Å². The molecule has 0 aliphatic heterocycles. The first-order chi connectivity index (χ1) is 24.1. The van der Waals surface area contributed by atoms with Gasteiger partial charge in [0.25, 0.3) is 0 Å². The number of ether oxygens (including phenoxy) is 1. The summed E-state index contributed by atoms with van der Waals surface area (Å²) in [4.78, 5) is 38.9. The molecule has 0 aliphatic carbocycles. The minimum Gasteiger partial charge on any atom is -0.493 e. The van der Waals surface area contributed by atoms with Gasteiger partial charge >= 0.3 is 0 Å². The standard InChI is InChI=1S/C43H65N3O4/c1-7-8-9-10-11-12-13-14-15-16-17-18-19-20-21-22-23-24-25-27-41(48)44-31-33-46(39(4)47)34-32-45-42(49)43(5,6)30-26-35-50-40-36-37(2)28-29-38(40)3/h8-9,11-12,14-15,17-18,20-21,23-24,28-29,36H,7,10,13,16,19,22,25-27,30-35H2,1-6H3,(H,44,48)(H,45,49)/b9-8-,12-11-,15-14-,18-17-,21-20-,24-23-. The van der Waals surface area contributed by atoms with Crippen molar-refractivity contribution in [3.63, 3.8) is 0 Å². The van der Waals surface area contributed by atoms with Crippen LogP contribution in [-0.4, -0.2) is 55.4 Å². The summed E-state index contributed by atoms with van der Waals surface area (Å²) in [6.07, 6.45) is 34.3. The zero-order chi connectivity index (χ0) is 36.9. The monoisotopic (exact) mass is 687 g/mol. The molecule has 0 spiro atoms. The SMILES string of the molecule is CC/C=C\C/C=C\C/C=C\C/C=C\C/C=C\C/C=C\CCC(=O)NCCN(CCNC(=O)C(C)(C)CCCOc1cc(C)ccc1C)C(C)=O. The lowest BCUT2D eigenvalue weighted by atomic mass is 9.87. The van der Waals surface area contributed by atoms with Crippen LogP contribution in [0.3, 0.4) is 0 Å². The number of amides is 3. The number of nitrogens with one attached hydrogen (secondary N) is 2. The van der Waals surface area contributed by atoms with E-state index < -0.39 is 5.41 Å². The van der Waals surface area contributed by atoms with Crippen molar-refractivity contribution in [1.29, 1.82) is 0 Å².